The fourth-order valence-corrected chi connectivity index (χ4v) is 3.53. The van der Waals surface area contributed by atoms with Crippen molar-refractivity contribution >= 4 is 27.2 Å². The summed E-state index contributed by atoms with van der Waals surface area (Å²) in [5, 5.41) is 0.787. The maximum Gasteiger partial charge on any atom is 0.274 e. The molecule has 0 spiro atoms. The van der Waals surface area contributed by atoms with E-state index in [1.165, 1.54) is 12.8 Å². The molecule has 2 N–H and O–H groups in total. The third kappa shape index (κ3) is 2.43. The molecule has 0 amide bonds. The van der Waals surface area contributed by atoms with E-state index in [0.717, 1.165) is 39.9 Å². The fourth-order valence-electron chi connectivity index (χ4n) is 2.60. The normalized spacial score (nSPS) is 24.3. The summed E-state index contributed by atoms with van der Waals surface area (Å²) in [5.41, 5.74) is 7.53. The van der Waals surface area contributed by atoms with Crippen molar-refractivity contribution in [2.45, 2.75) is 38.7 Å². The lowest BCUT2D eigenvalue weighted by atomic mass is 9.89. The number of benzene rings is 1. The van der Waals surface area contributed by atoms with E-state index in [2.05, 4.69) is 11.9 Å². The summed E-state index contributed by atoms with van der Waals surface area (Å²) in [4.78, 5) is 4.51. The molecule has 3 rings (SSSR count). The molecule has 0 saturated heterocycles. The number of hydrogen-bond acceptors (Lipinski definition) is 4. The summed E-state index contributed by atoms with van der Waals surface area (Å²) >= 11 is 1.59. The first-order valence-corrected chi connectivity index (χ1v) is 7.35. The van der Waals surface area contributed by atoms with E-state index in [9.17, 15) is 0 Å². The van der Waals surface area contributed by atoms with Crippen LogP contribution in [0.4, 0.5) is 5.69 Å². The first-order chi connectivity index (χ1) is 8.70. The predicted octanol–water partition coefficient (Wildman–Crippen LogP) is 3.84. The number of aromatic nitrogens is 1. The molecule has 1 aromatic carbocycles. The number of nitrogen functional groups attached to an aromatic ring is 1. The van der Waals surface area contributed by atoms with Crippen molar-refractivity contribution in [2.75, 3.05) is 5.73 Å². The minimum atomic E-state index is 0.339. The van der Waals surface area contributed by atoms with Crippen LogP contribution in [-0.2, 0) is 0 Å². The van der Waals surface area contributed by atoms with E-state index < -0.39 is 0 Å². The Morgan fingerprint density at radius 3 is 3.11 bits per heavy atom. The molecule has 1 aliphatic rings. The monoisotopic (exact) mass is 262 g/mol. The third-order valence-corrected chi connectivity index (χ3v) is 4.46. The largest absolute Gasteiger partial charge is 0.467 e. The van der Waals surface area contributed by atoms with E-state index in [1.54, 1.807) is 11.3 Å². The molecule has 18 heavy (non-hydrogen) atoms. The second kappa shape index (κ2) is 4.76. The highest BCUT2D eigenvalue weighted by atomic mass is 32.1. The molecule has 2 atom stereocenters. The van der Waals surface area contributed by atoms with Gasteiger partial charge >= 0.3 is 0 Å². The van der Waals surface area contributed by atoms with Gasteiger partial charge in [-0.3, -0.25) is 0 Å². The smallest absolute Gasteiger partial charge is 0.274 e. The van der Waals surface area contributed by atoms with Crippen molar-refractivity contribution in [1.82, 2.24) is 4.98 Å². The lowest BCUT2D eigenvalue weighted by Crippen LogP contribution is -2.23. The fraction of sp³-hybridized carbons (Fsp3) is 0.500. The van der Waals surface area contributed by atoms with Crippen molar-refractivity contribution in [1.29, 1.82) is 0 Å². The molecule has 1 fully saturated rings. The quantitative estimate of drug-likeness (QED) is 0.837. The highest BCUT2D eigenvalue weighted by Crippen LogP contribution is 2.33. The van der Waals surface area contributed by atoms with Gasteiger partial charge in [0.15, 0.2) is 0 Å². The third-order valence-electron chi connectivity index (χ3n) is 3.55. The van der Waals surface area contributed by atoms with Gasteiger partial charge in [-0.15, -0.1) is 0 Å². The van der Waals surface area contributed by atoms with Crippen molar-refractivity contribution < 1.29 is 4.74 Å². The number of nitrogens with zero attached hydrogens (tertiary/aromatic N) is 1. The van der Waals surface area contributed by atoms with Gasteiger partial charge in [0.2, 0.25) is 0 Å². The molecular weight excluding hydrogens is 244 g/mol. The number of anilines is 1. The van der Waals surface area contributed by atoms with Crippen LogP contribution in [0.15, 0.2) is 18.2 Å². The zero-order chi connectivity index (χ0) is 12.5. The van der Waals surface area contributed by atoms with Crippen molar-refractivity contribution in [3.05, 3.63) is 18.2 Å². The van der Waals surface area contributed by atoms with Crippen LogP contribution in [0.25, 0.3) is 10.2 Å². The summed E-state index contributed by atoms with van der Waals surface area (Å²) in [7, 11) is 0. The average Bonchev–Trinajstić information content (AvgIpc) is 2.70. The molecule has 2 aromatic rings. The van der Waals surface area contributed by atoms with Gasteiger partial charge in [-0.05, 0) is 43.4 Å². The van der Waals surface area contributed by atoms with Crippen LogP contribution < -0.4 is 10.5 Å². The van der Waals surface area contributed by atoms with Crippen LogP contribution in [0.1, 0.15) is 32.6 Å². The van der Waals surface area contributed by atoms with E-state index in [4.69, 9.17) is 10.5 Å². The van der Waals surface area contributed by atoms with Gasteiger partial charge in [0.1, 0.15) is 6.10 Å². The first-order valence-electron chi connectivity index (χ1n) is 6.53. The Bertz CT molecular complexity index is 552. The van der Waals surface area contributed by atoms with E-state index in [0.29, 0.717) is 6.10 Å². The second-order valence-corrected chi connectivity index (χ2v) is 6.21. The summed E-state index contributed by atoms with van der Waals surface area (Å²) in [5.74, 6) is 0.772. The van der Waals surface area contributed by atoms with Gasteiger partial charge in [0.05, 0.1) is 10.2 Å². The van der Waals surface area contributed by atoms with Gasteiger partial charge in [-0.25, -0.2) is 4.98 Å². The van der Waals surface area contributed by atoms with E-state index in [-0.39, 0.29) is 0 Å². The summed E-state index contributed by atoms with van der Waals surface area (Å²) in [6, 6.07) is 5.80. The lowest BCUT2D eigenvalue weighted by Gasteiger charge is -2.26. The predicted molar refractivity (Wildman–Crippen MR) is 76.1 cm³/mol. The van der Waals surface area contributed by atoms with Gasteiger partial charge in [0, 0.05) is 5.69 Å². The highest BCUT2D eigenvalue weighted by molar-refractivity contribution is 7.20. The molecule has 2 unspecified atom stereocenters. The van der Waals surface area contributed by atoms with Gasteiger partial charge in [-0.2, -0.15) is 0 Å². The molecule has 3 nitrogen and oxygen atoms in total. The SMILES string of the molecule is CC1CCCC(Oc2nc3ccc(N)cc3s2)C1. The zero-order valence-electron chi connectivity index (χ0n) is 10.6. The average molecular weight is 262 g/mol. The topological polar surface area (TPSA) is 48.1 Å². The lowest BCUT2D eigenvalue weighted by molar-refractivity contribution is 0.129. The Morgan fingerprint density at radius 1 is 1.39 bits per heavy atom. The first kappa shape index (κ1) is 11.8. The van der Waals surface area contributed by atoms with Crippen LogP contribution in [0, 0.1) is 5.92 Å². The van der Waals surface area contributed by atoms with Crippen molar-refractivity contribution in [3.8, 4) is 5.19 Å². The Kier molecular flexibility index (Phi) is 3.12. The summed E-state index contributed by atoms with van der Waals surface area (Å²) in [6.45, 7) is 2.30. The molecule has 0 aliphatic heterocycles. The molecule has 96 valence electrons. The Labute approximate surface area is 111 Å². The minimum Gasteiger partial charge on any atom is -0.467 e. The van der Waals surface area contributed by atoms with Crippen LogP contribution in [-0.4, -0.2) is 11.1 Å². The number of hydrogen-bond donors (Lipinski definition) is 1. The van der Waals surface area contributed by atoms with Gasteiger partial charge < -0.3 is 10.5 Å². The summed E-state index contributed by atoms with van der Waals surface area (Å²) < 4.78 is 7.12. The molecule has 4 heteroatoms. The molecule has 1 heterocycles. The molecule has 1 saturated carbocycles. The standard InChI is InChI=1S/C14H18N2OS/c1-9-3-2-4-11(7-9)17-14-16-12-6-5-10(15)8-13(12)18-14/h5-6,8-9,11H,2-4,7,15H2,1H3. The van der Waals surface area contributed by atoms with Gasteiger partial charge in [-0.1, -0.05) is 24.7 Å². The number of ether oxygens (including phenoxy) is 1. The second-order valence-electron chi connectivity index (χ2n) is 5.22. The molecular formula is C14H18N2OS. The number of nitrogens with two attached hydrogens (primary N) is 1. The van der Waals surface area contributed by atoms with Crippen LogP contribution in [0.5, 0.6) is 5.19 Å². The Morgan fingerprint density at radius 2 is 2.28 bits per heavy atom. The van der Waals surface area contributed by atoms with E-state index >= 15 is 0 Å². The molecule has 1 aromatic heterocycles. The van der Waals surface area contributed by atoms with Crippen LogP contribution >= 0.6 is 11.3 Å². The van der Waals surface area contributed by atoms with Gasteiger partial charge in [0.25, 0.3) is 5.19 Å². The highest BCUT2D eigenvalue weighted by Gasteiger charge is 2.21. The van der Waals surface area contributed by atoms with E-state index in [1.807, 2.05) is 18.2 Å². The van der Waals surface area contributed by atoms with Crippen LogP contribution in [0.3, 0.4) is 0 Å². The minimum absolute atomic E-state index is 0.339. The van der Waals surface area contributed by atoms with Crippen molar-refractivity contribution in [3.63, 3.8) is 0 Å². The maximum absolute atomic E-state index is 6.02. The molecule has 0 bridgehead atoms. The number of thiazole rings is 1. The Balaban J connectivity index is 1.78. The number of rotatable bonds is 2. The maximum atomic E-state index is 6.02. The zero-order valence-corrected chi connectivity index (χ0v) is 11.4. The molecule has 0 radical (unpaired) electrons. The van der Waals surface area contributed by atoms with Crippen LogP contribution in [0.2, 0.25) is 0 Å². The Hall–Kier alpha value is -1.29. The number of fused-ring (bicyclic) bond motifs is 1. The van der Waals surface area contributed by atoms with Crippen molar-refractivity contribution in [2.24, 2.45) is 5.92 Å². The summed E-state index contributed by atoms with van der Waals surface area (Å²) in [6.07, 6.45) is 5.24. The molecule has 1 aliphatic carbocycles.